The van der Waals surface area contributed by atoms with Crippen LogP contribution in [0.2, 0.25) is 0 Å². The highest BCUT2D eigenvalue weighted by atomic mass is 19.4. The van der Waals surface area contributed by atoms with E-state index in [1.165, 1.54) is 4.90 Å². The first kappa shape index (κ1) is 24.5. The van der Waals surface area contributed by atoms with Gasteiger partial charge in [-0.05, 0) is 65.3 Å². The number of rotatable bonds is 5. The Bertz CT molecular complexity index is 1330. The molecule has 1 unspecified atom stereocenters. The Morgan fingerprint density at radius 2 is 1.97 bits per heavy atom. The summed E-state index contributed by atoms with van der Waals surface area (Å²) in [5.41, 5.74) is 1.28. The van der Waals surface area contributed by atoms with Crippen LogP contribution in [0.1, 0.15) is 58.0 Å². The average molecular weight is 502 g/mol. The highest BCUT2D eigenvalue weighted by molar-refractivity contribution is 6.13. The maximum absolute atomic E-state index is 13.7. The molecular weight excluding hydrogens is 471 g/mol. The smallest absolute Gasteiger partial charge is 0.373 e. The van der Waals surface area contributed by atoms with Gasteiger partial charge in [-0.2, -0.15) is 18.3 Å². The van der Waals surface area contributed by atoms with Gasteiger partial charge in [-0.15, -0.1) is 0 Å². The van der Waals surface area contributed by atoms with Gasteiger partial charge in [-0.1, -0.05) is 0 Å². The normalized spacial score (nSPS) is 20.1. The second-order valence-electron chi connectivity index (χ2n) is 10.3. The number of anilines is 3. The van der Waals surface area contributed by atoms with Crippen LogP contribution in [0.5, 0.6) is 0 Å². The molecule has 0 bridgehead atoms. The topological polar surface area (TPSA) is 79.2 Å². The summed E-state index contributed by atoms with van der Waals surface area (Å²) in [7, 11) is 1.69. The molecule has 2 aromatic heterocycles. The molecule has 1 amide bonds. The molecule has 0 aliphatic carbocycles. The maximum Gasteiger partial charge on any atom is 0.404 e. The van der Waals surface area contributed by atoms with E-state index in [0.29, 0.717) is 35.9 Å². The molecule has 2 aliphatic rings. The van der Waals surface area contributed by atoms with E-state index in [0.717, 1.165) is 10.9 Å². The number of nitrogens with zero attached hydrogens (tertiary/aromatic N) is 6. The number of benzene rings is 1. The number of carbonyl (C=O) groups excluding carboxylic acids is 1. The third-order valence-electron chi connectivity index (χ3n) is 7.16. The van der Waals surface area contributed by atoms with Crippen molar-refractivity contribution in [1.29, 1.82) is 0 Å². The van der Waals surface area contributed by atoms with E-state index in [1.54, 1.807) is 18.1 Å². The first-order valence-electron chi connectivity index (χ1n) is 12.1. The molecule has 0 spiro atoms. The molecule has 8 nitrogen and oxygen atoms in total. The Hall–Kier alpha value is -3.21. The van der Waals surface area contributed by atoms with Gasteiger partial charge < -0.3 is 5.32 Å². The lowest BCUT2D eigenvalue weighted by Gasteiger charge is -2.26. The molecule has 2 aliphatic heterocycles. The first-order chi connectivity index (χ1) is 16.9. The highest BCUT2D eigenvalue weighted by Gasteiger charge is 2.49. The molecular formula is C25H30F3N7O. The number of likely N-dealkylation sites (tertiary alicyclic amines) is 1. The highest BCUT2D eigenvalue weighted by Crippen LogP contribution is 2.47. The van der Waals surface area contributed by atoms with E-state index in [-0.39, 0.29) is 30.7 Å². The minimum Gasteiger partial charge on any atom is -0.373 e. The second-order valence-corrected chi connectivity index (χ2v) is 10.3. The number of fused-ring (bicyclic) bond motifs is 2. The molecule has 4 heterocycles. The van der Waals surface area contributed by atoms with Crippen molar-refractivity contribution in [2.24, 2.45) is 0 Å². The van der Waals surface area contributed by atoms with Crippen LogP contribution in [0.3, 0.4) is 0 Å². The van der Waals surface area contributed by atoms with Gasteiger partial charge in [0.25, 0.3) is 0 Å². The maximum atomic E-state index is 13.7. The van der Waals surface area contributed by atoms with Crippen LogP contribution in [0.25, 0.3) is 10.9 Å². The van der Waals surface area contributed by atoms with Crippen molar-refractivity contribution in [1.82, 2.24) is 24.6 Å². The monoisotopic (exact) mass is 501 g/mol. The van der Waals surface area contributed by atoms with Crippen LogP contribution in [0.4, 0.5) is 30.5 Å². The number of halogens is 3. The van der Waals surface area contributed by atoms with Crippen LogP contribution in [-0.2, 0) is 16.8 Å². The summed E-state index contributed by atoms with van der Waals surface area (Å²) < 4.78 is 42.5. The van der Waals surface area contributed by atoms with Gasteiger partial charge in [0.05, 0.1) is 34.9 Å². The fourth-order valence-electron chi connectivity index (χ4n) is 5.36. The summed E-state index contributed by atoms with van der Waals surface area (Å²) in [6.07, 6.45) is -2.01. The Balaban J connectivity index is 1.59. The standard InChI is InChI=1S/C25H30F3N7O/c1-14(2)35-17-9-8-16(11-15(17)12-30-35)34-22-20(24(3,4)23(34)36)21(29-5)31-19(32-22)13-33-10-6-7-18(33)25(26,27)28/h8-9,11-12,14,18H,6-7,10,13H2,1-5H3,(H,29,31,32). The number of hydrogen-bond donors (Lipinski definition) is 1. The zero-order valence-corrected chi connectivity index (χ0v) is 21.0. The van der Waals surface area contributed by atoms with E-state index in [4.69, 9.17) is 0 Å². The van der Waals surface area contributed by atoms with Crippen molar-refractivity contribution in [3.63, 3.8) is 0 Å². The lowest BCUT2D eigenvalue weighted by atomic mass is 9.87. The summed E-state index contributed by atoms with van der Waals surface area (Å²) in [5.74, 6) is 0.925. The van der Waals surface area contributed by atoms with Crippen molar-refractivity contribution < 1.29 is 18.0 Å². The SMILES string of the molecule is CNc1nc(CN2CCCC2C(F)(F)F)nc2c1C(C)(C)C(=O)N2c1ccc2c(cnn2C(C)C)c1. The number of alkyl halides is 3. The Morgan fingerprint density at radius 3 is 2.64 bits per heavy atom. The Labute approximate surface area is 207 Å². The summed E-state index contributed by atoms with van der Waals surface area (Å²) in [5, 5.41) is 8.39. The third kappa shape index (κ3) is 3.80. The summed E-state index contributed by atoms with van der Waals surface area (Å²) in [6, 6.07) is 4.34. The number of carbonyl (C=O) groups is 1. The number of hydrogen-bond acceptors (Lipinski definition) is 6. The molecule has 0 radical (unpaired) electrons. The van der Waals surface area contributed by atoms with E-state index >= 15 is 0 Å². The zero-order valence-electron chi connectivity index (χ0n) is 21.0. The lowest BCUT2D eigenvalue weighted by molar-refractivity contribution is -0.177. The quantitative estimate of drug-likeness (QED) is 0.534. The second kappa shape index (κ2) is 8.43. The van der Waals surface area contributed by atoms with Crippen molar-refractivity contribution in [3.05, 3.63) is 35.8 Å². The lowest BCUT2D eigenvalue weighted by Crippen LogP contribution is -2.41. The van der Waals surface area contributed by atoms with Gasteiger partial charge in [0.2, 0.25) is 5.91 Å². The van der Waals surface area contributed by atoms with Crippen LogP contribution in [0.15, 0.2) is 24.4 Å². The summed E-state index contributed by atoms with van der Waals surface area (Å²) in [6.45, 7) is 8.00. The molecule has 1 saturated heterocycles. The van der Waals surface area contributed by atoms with Crippen molar-refractivity contribution >= 4 is 34.1 Å². The van der Waals surface area contributed by atoms with Crippen LogP contribution < -0.4 is 10.2 Å². The van der Waals surface area contributed by atoms with Crippen LogP contribution in [0, 0.1) is 0 Å². The molecule has 36 heavy (non-hydrogen) atoms. The molecule has 11 heteroatoms. The van der Waals surface area contributed by atoms with Gasteiger partial charge in [0.1, 0.15) is 23.5 Å². The van der Waals surface area contributed by atoms with Crippen molar-refractivity contribution in [2.75, 3.05) is 23.8 Å². The fourth-order valence-corrected chi connectivity index (χ4v) is 5.36. The molecule has 1 fully saturated rings. The minimum atomic E-state index is -4.31. The number of nitrogens with one attached hydrogen (secondary N) is 1. The molecule has 3 aromatic rings. The Morgan fingerprint density at radius 1 is 1.22 bits per heavy atom. The van der Waals surface area contributed by atoms with Gasteiger partial charge in [-0.25, -0.2) is 9.97 Å². The van der Waals surface area contributed by atoms with E-state index < -0.39 is 17.6 Å². The van der Waals surface area contributed by atoms with E-state index in [9.17, 15) is 18.0 Å². The van der Waals surface area contributed by atoms with Gasteiger partial charge in [-0.3, -0.25) is 19.3 Å². The summed E-state index contributed by atoms with van der Waals surface area (Å²) in [4.78, 5) is 25.9. The van der Waals surface area contributed by atoms with Gasteiger partial charge in [0.15, 0.2) is 0 Å². The first-order valence-corrected chi connectivity index (χ1v) is 12.1. The largest absolute Gasteiger partial charge is 0.404 e. The predicted octanol–water partition coefficient (Wildman–Crippen LogP) is 4.93. The van der Waals surface area contributed by atoms with Crippen molar-refractivity contribution in [3.8, 4) is 0 Å². The molecule has 1 atom stereocenters. The van der Waals surface area contributed by atoms with Crippen LogP contribution in [-0.4, -0.2) is 56.4 Å². The molecule has 5 rings (SSSR count). The molecule has 0 saturated carbocycles. The van der Waals surface area contributed by atoms with E-state index in [1.807, 2.05) is 50.6 Å². The predicted molar refractivity (Wildman–Crippen MR) is 131 cm³/mol. The van der Waals surface area contributed by atoms with Crippen molar-refractivity contribution in [2.45, 2.75) is 70.8 Å². The summed E-state index contributed by atoms with van der Waals surface area (Å²) >= 11 is 0. The average Bonchev–Trinajstić information content (AvgIpc) is 3.49. The van der Waals surface area contributed by atoms with E-state index in [2.05, 4.69) is 20.4 Å². The molecule has 1 aromatic carbocycles. The fraction of sp³-hybridized carbons (Fsp3) is 0.520. The van der Waals surface area contributed by atoms with Crippen LogP contribution >= 0.6 is 0 Å². The number of aromatic nitrogens is 4. The van der Waals surface area contributed by atoms with Gasteiger partial charge in [0, 0.05) is 18.5 Å². The molecule has 192 valence electrons. The zero-order chi connectivity index (χ0) is 26.0. The molecule has 1 N–H and O–H groups in total. The number of amides is 1. The Kier molecular flexibility index (Phi) is 5.73. The minimum absolute atomic E-state index is 0.0468. The third-order valence-corrected chi connectivity index (χ3v) is 7.16. The van der Waals surface area contributed by atoms with Gasteiger partial charge >= 0.3 is 6.18 Å².